The average Bonchev–Trinajstić information content (AvgIpc) is 3.05. The molecule has 3 rings (SSSR count). The van der Waals surface area contributed by atoms with Gasteiger partial charge in [-0.25, -0.2) is 4.39 Å². The highest BCUT2D eigenvalue weighted by Crippen LogP contribution is 2.31. The molecule has 1 aliphatic rings. The molecule has 2 heterocycles. The fraction of sp³-hybridized carbons (Fsp3) is 0.353. The third kappa shape index (κ3) is 3.31. The highest BCUT2D eigenvalue weighted by atomic mass is 19.1. The number of rotatable bonds is 4. The summed E-state index contributed by atoms with van der Waals surface area (Å²) in [5, 5.41) is 0. The summed E-state index contributed by atoms with van der Waals surface area (Å²) in [7, 11) is 1.42. The monoisotopic (exact) mass is 315 g/mol. The van der Waals surface area contributed by atoms with Gasteiger partial charge in [-0.2, -0.15) is 0 Å². The van der Waals surface area contributed by atoms with Crippen LogP contribution in [-0.4, -0.2) is 34.4 Å². The Bertz CT molecular complexity index is 693. The van der Waals surface area contributed by atoms with Crippen molar-refractivity contribution in [2.75, 3.05) is 13.7 Å². The maximum atomic E-state index is 13.8. The van der Waals surface area contributed by atoms with Crippen molar-refractivity contribution < 1.29 is 13.9 Å². The molecule has 1 saturated heterocycles. The zero-order valence-corrected chi connectivity index (χ0v) is 12.9. The molecule has 1 fully saturated rings. The predicted octanol–water partition coefficient (Wildman–Crippen LogP) is 2.53. The van der Waals surface area contributed by atoms with Crippen LogP contribution in [0.5, 0.6) is 5.75 Å². The molecule has 1 atom stereocenters. The van der Waals surface area contributed by atoms with Crippen molar-refractivity contribution in [2.45, 2.75) is 25.3 Å². The van der Waals surface area contributed by atoms with Gasteiger partial charge in [0.25, 0.3) is 0 Å². The van der Waals surface area contributed by atoms with Crippen molar-refractivity contribution >= 4 is 5.91 Å². The predicted molar refractivity (Wildman–Crippen MR) is 82.4 cm³/mol. The lowest BCUT2D eigenvalue weighted by molar-refractivity contribution is -0.131. The van der Waals surface area contributed by atoms with E-state index in [1.807, 2.05) is 4.90 Å². The van der Waals surface area contributed by atoms with Crippen molar-refractivity contribution in [1.82, 2.24) is 14.9 Å². The van der Waals surface area contributed by atoms with Gasteiger partial charge in [-0.3, -0.25) is 14.8 Å². The van der Waals surface area contributed by atoms with E-state index in [4.69, 9.17) is 4.74 Å². The maximum Gasteiger partial charge on any atom is 0.227 e. The van der Waals surface area contributed by atoms with Crippen LogP contribution in [0, 0.1) is 5.82 Å². The van der Waals surface area contributed by atoms with Crippen molar-refractivity contribution in [2.24, 2.45) is 0 Å². The van der Waals surface area contributed by atoms with E-state index in [9.17, 15) is 9.18 Å². The van der Waals surface area contributed by atoms with Crippen LogP contribution in [0.4, 0.5) is 4.39 Å². The van der Waals surface area contributed by atoms with Crippen molar-refractivity contribution in [3.8, 4) is 5.75 Å². The number of nitrogens with zero attached hydrogens (tertiary/aromatic N) is 3. The number of likely N-dealkylation sites (tertiary alicyclic amines) is 1. The number of amides is 1. The second-order valence-corrected chi connectivity index (χ2v) is 5.52. The van der Waals surface area contributed by atoms with Crippen molar-refractivity contribution in [1.29, 1.82) is 0 Å². The Morgan fingerprint density at radius 3 is 3.00 bits per heavy atom. The van der Waals surface area contributed by atoms with Gasteiger partial charge in [-0.05, 0) is 30.5 Å². The van der Waals surface area contributed by atoms with Gasteiger partial charge in [0.15, 0.2) is 11.6 Å². The first-order chi connectivity index (χ1) is 11.2. The first-order valence-electron chi connectivity index (χ1n) is 7.57. The van der Waals surface area contributed by atoms with Gasteiger partial charge in [0.1, 0.15) is 0 Å². The fourth-order valence-corrected chi connectivity index (χ4v) is 2.95. The molecule has 0 spiro atoms. The van der Waals surface area contributed by atoms with E-state index in [2.05, 4.69) is 9.97 Å². The number of halogens is 1. The SMILES string of the molecule is COc1ccc(CC(=O)N2CCC[C@@H]2c2cnccn2)cc1F. The van der Waals surface area contributed by atoms with Crippen LogP contribution in [0.25, 0.3) is 0 Å². The number of ether oxygens (including phenoxy) is 1. The molecule has 0 bridgehead atoms. The van der Waals surface area contributed by atoms with E-state index in [-0.39, 0.29) is 24.1 Å². The topological polar surface area (TPSA) is 55.3 Å². The Morgan fingerprint density at radius 1 is 1.43 bits per heavy atom. The normalized spacial score (nSPS) is 17.3. The minimum atomic E-state index is -0.454. The van der Waals surface area contributed by atoms with Crippen LogP contribution >= 0.6 is 0 Å². The molecule has 120 valence electrons. The summed E-state index contributed by atoms with van der Waals surface area (Å²) in [4.78, 5) is 22.8. The van der Waals surface area contributed by atoms with Gasteiger partial charge in [-0.15, -0.1) is 0 Å². The Hall–Kier alpha value is -2.50. The summed E-state index contributed by atoms with van der Waals surface area (Å²) in [5.74, 6) is -0.299. The second-order valence-electron chi connectivity index (χ2n) is 5.52. The van der Waals surface area contributed by atoms with Crippen molar-refractivity contribution in [3.63, 3.8) is 0 Å². The Morgan fingerprint density at radius 2 is 2.30 bits per heavy atom. The fourth-order valence-electron chi connectivity index (χ4n) is 2.95. The van der Waals surface area contributed by atoms with Gasteiger partial charge in [0.05, 0.1) is 31.5 Å². The lowest BCUT2D eigenvalue weighted by Gasteiger charge is -2.24. The van der Waals surface area contributed by atoms with Crippen LogP contribution in [-0.2, 0) is 11.2 Å². The lowest BCUT2D eigenvalue weighted by Crippen LogP contribution is -2.32. The molecule has 0 radical (unpaired) electrons. The summed E-state index contributed by atoms with van der Waals surface area (Å²) < 4.78 is 18.6. The maximum absolute atomic E-state index is 13.8. The van der Waals surface area contributed by atoms with E-state index in [1.165, 1.54) is 13.2 Å². The zero-order chi connectivity index (χ0) is 16.2. The molecule has 0 unspecified atom stereocenters. The summed E-state index contributed by atoms with van der Waals surface area (Å²) in [6.45, 7) is 0.693. The molecule has 0 aliphatic carbocycles. The van der Waals surface area contributed by atoms with E-state index in [0.717, 1.165) is 18.5 Å². The summed E-state index contributed by atoms with van der Waals surface area (Å²) >= 11 is 0. The number of hydrogen-bond acceptors (Lipinski definition) is 4. The zero-order valence-electron chi connectivity index (χ0n) is 12.9. The van der Waals surface area contributed by atoms with Gasteiger partial charge in [0.2, 0.25) is 5.91 Å². The van der Waals surface area contributed by atoms with Gasteiger partial charge in [-0.1, -0.05) is 6.07 Å². The van der Waals surface area contributed by atoms with Gasteiger partial charge < -0.3 is 9.64 Å². The largest absolute Gasteiger partial charge is 0.494 e. The summed E-state index contributed by atoms with van der Waals surface area (Å²) in [5.41, 5.74) is 1.44. The number of methoxy groups -OCH3 is 1. The first kappa shape index (κ1) is 15.4. The summed E-state index contributed by atoms with van der Waals surface area (Å²) in [6.07, 6.45) is 6.92. The molecule has 1 amide bonds. The van der Waals surface area contributed by atoms with E-state index >= 15 is 0 Å². The van der Waals surface area contributed by atoms with Crippen LogP contribution in [0.1, 0.15) is 30.1 Å². The highest BCUT2D eigenvalue weighted by molar-refractivity contribution is 5.79. The molecule has 0 saturated carbocycles. The molecule has 23 heavy (non-hydrogen) atoms. The molecule has 6 heteroatoms. The number of aromatic nitrogens is 2. The quantitative estimate of drug-likeness (QED) is 0.870. The number of hydrogen-bond donors (Lipinski definition) is 0. The second kappa shape index (κ2) is 6.73. The number of carbonyl (C=O) groups is 1. The van der Waals surface area contributed by atoms with Gasteiger partial charge in [0, 0.05) is 18.9 Å². The molecule has 1 aliphatic heterocycles. The molecule has 1 aromatic carbocycles. The van der Waals surface area contributed by atoms with E-state index < -0.39 is 5.82 Å². The van der Waals surface area contributed by atoms with Crippen LogP contribution in [0.3, 0.4) is 0 Å². The molecular formula is C17H18FN3O2. The molecule has 0 N–H and O–H groups in total. The van der Waals surface area contributed by atoms with Crippen LogP contribution in [0.2, 0.25) is 0 Å². The molecular weight excluding hydrogens is 297 g/mol. The van der Waals surface area contributed by atoms with Crippen LogP contribution < -0.4 is 4.74 Å². The smallest absolute Gasteiger partial charge is 0.227 e. The summed E-state index contributed by atoms with van der Waals surface area (Å²) in [6, 6.07) is 4.57. The Labute approximate surface area is 134 Å². The third-order valence-electron chi connectivity index (χ3n) is 4.07. The van der Waals surface area contributed by atoms with Crippen molar-refractivity contribution in [3.05, 3.63) is 53.9 Å². The Balaban J connectivity index is 1.73. The minimum Gasteiger partial charge on any atom is -0.494 e. The standard InChI is InChI=1S/C17H18FN3O2/c1-23-16-5-4-12(9-13(16)18)10-17(22)21-8-2-3-15(21)14-11-19-6-7-20-14/h4-7,9,11,15H,2-3,8,10H2,1H3/t15-/m1/s1. The van der Waals surface area contributed by atoms with Crippen LogP contribution in [0.15, 0.2) is 36.8 Å². The van der Waals surface area contributed by atoms with E-state index in [0.29, 0.717) is 12.1 Å². The lowest BCUT2D eigenvalue weighted by atomic mass is 10.1. The average molecular weight is 315 g/mol. The molecule has 5 nitrogen and oxygen atoms in total. The third-order valence-corrected chi connectivity index (χ3v) is 4.07. The molecule has 1 aromatic heterocycles. The number of carbonyl (C=O) groups excluding carboxylic acids is 1. The molecule has 2 aromatic rings. The first-order valence-corrected chi connectivity index (χ1v) is 7.57. The minimum absolute atomic E-state index is 0.0253. The van der Waals surface area contributed by atoms with E-state index in [1.54, 1.807) is 30.7 Å². The Kier molecular flexibility index (Phi) is 4.50. The number of benzene rings is 1. The highest BCUT2D eigenvalue weighted by Gasteiger charge is 2.30. The van der Waals surface area contributed by atoms with Gasteiger partial charge >= 0.3 is 0 Å².